The Labute approximate surface area is 118 Å². The van der Waals surface area contributed by atoms with E-state index < -0.39 is 0 Å². The maximum atomic E-state index is 9.24. The van der Waals surface area contributed by atoms with Crippen LogP contribution in [0.4, 0.5) is 0 Å². The molecule has 2 aliphatic rings. The lowest BCUT2D eigenvalue weighted by molar-refractivity contribution is 0.0503. The fourth-order valence-corrected chi connectivity index (χ4v) is 4.00. The quantitative estimate of drug-likeness (QED) is 0.744. The predicted molar refractivity (Wildman–Crippen MR) is 80.3 cm³/mol. The number of nitrogens with zero attached hydrogens (tertiary/aromatic N) is 1. The van der Waals surface area contributed by atoms with Gasteiger partial charge in [0, 0.05) is 25.2 Å². The molecule has 1 aliphatic carbocycles. The third-order valence-corrected chi connectivity index (χ3v) is 4.97. The standard InChI is InChI=1S/C16H32N2O/c1-2-10-17-15(9-12-19)13-18-11-5-7-14-6-3-4-8-16(14)18/h14-17,19H,2-13H2,1H3. The highest BCUT2D eigenvalue weighted by Gasteiger charge is 2.33. The highest BCUT2D eigenvalue weighted by molar-refractivity contribution is 4.89. The molecule has 3 heteroatoms. The molecule has 3 atom stereocenters. The minimum Gasteiger partial charge on any atom is -0.396 e. The fraction of sp³-hybridized carbons (Fsp3) is 1.00. The van der Waals surface area contributed by atoms with Crippen LogP contribution in [-0.2, 0) is 0 Å². The molecular weight excluding hydrogens is 236 g/mol. The predicted octanol–water partition coefficient (Wildman–Crippen LogP) is 2.39. The summed E-state index contributed by atoms with van der Waals surface area (Å²) in [6, 6.07) is 1.32. The number of hydrogen-bond donors (Lipinski definition) is 2. The van der Waals surface area contributed by atoms with Crippen molar-refractivity contribution in [2.75, 3.05) is 26.2 Å². The van der Waals surface area contributed by atoms with Crippen molar-refractivity contribution in [2.45, 2.75) is 70.4 Å². The summed E-state index contributed by atoms with van der Waals surface area (Å²) >= 11 is 0. The van der Waals surface area contributed by atoms with Crippen LogP contribution in [0.2, 0.25) is 0 Å². The van der Waals surface area contributed by atoms with Gasteiger partial charge in [0.15, 0.2) is 0 Å². The van der Waals surface area contributed by atoms with Gasteiger partial charge in [0.25, 0.3) is 0 Å². The Kier molecular flexibility index (Phi) is 6.62. The Balaban J connectivity index is 1.86. The number of fused-ring (bicyclic) bond motifs is 1. The van der Waals surface area contributed by atoms with Gasteiger partial charge in [-0.1, -0.05) is 19.8 Å². The van der Waals surface area contributed by atoms with Crippen molar-refractivity contribution in [2.24, 2.45) is 5.92 Å². The third-order valence-electron chi connectivity index (χ3n) is 4.97. The van der Waals surface area contributed by atoms with E-state index in [9.17, 15) is 5.11 Å². The number of nitrogens with one attached hydrogen (secondary N) is 1. The molecule has 0 amide bonds. The van der Waals surface area contributed by atoms with Crippen LogP contribution in [0.5, 0.6) is 0 Å². The van der Waals surface area contributed by atoms with Crippen LogP contribution >= 0.6 is 0 Å². The van der Waals surface area contributed by atoms with Gasteiger partial charge in [0.1, 0.15) is 0 Å². The van der Waals surface area contributed by atoms with E-state index in [1.165, 1.54) is 51.5 Å². The summed E-state index contributed by atoms with van der Waals surface area (Å²) in [7, 11) is 0. The second-order valence-electron chi connectivity index (χ2n) is 6.41. The van der Waals surface area contributed by atoms with E-state index in [0.29, 0.717) is 12.6 Å². The molecule has 1 saturated heterocycles. The number of aliphatic hydroxyl groups is 1. The van der Waals surface area contributed by atoms with Gasteiger partial charge in [0.2, 0.25) is 0 Å². The average molecular weight is 268 g/mol. The second-order valence-corrected chi connectivity index (χ2v) is 6.41. The average Bonchev–Trinajstić information content (AvgIpc) is 2.45. The van der Waals surface area contributed by atoms with E-state index in [1.807, 2.05) is 0 Å². The molecule has 3 nitrogen and oxygen atoms in total. The molecule has 19 heavy (non-hydrogen) atoms. The lowest BCUT2D eigenvalue weighted by Crippen LogP contribution is -2.52. The van der Waals surface area contributed by atoms with Crippen LogP contribution in [0, 0.1) is 5.92 Å². The summed E-state index contributed by atoms with van der Waals surface area (Å²) in [5.74, 6) is 0.962. The molecule has 1 saturated carbocycles. The van der Waals surface area contributed by atoms with E-state index in [0.717, 1.165) is 31.5 Å². The van der Waals surface area contributed by atoms with Crippen molar-refractivity contribution < 1.29 is 5.11 Å². The summed E-state index contributed by atoms with van der Waals surface area (Å²) in [4.78, 5) is 2.73. The molecule has 1 aliphatic heterocycles. The SMILES string of the molecule is CCCNC(CCO)CN1CCCC2CCCCC21. The summed E-state index contributed by atoms with van der Waals surface area (Å²) in [6.07, 6.45) is 10.6. The summed E-state index contributed by atoms with van der Waals surface area (Å²) < 4.78 is 0. The maximum Gasteiger partial charge on any atom is 0.0446 e. The lowest BCUT2D eigenvalue weighted by atomic mass is 9.78. The van der Waals surface area contributed by atoms with Crippen molar-refractivity contribution in [3.05, 3.63) is 0 Å². The van der Waals surface area contributed by atoms with Crippen molar-refractivity contribution in [3.63, 3.8) is 0 Å². The van der Waals surface area contributed by atoms with E-state index in [-0.39, 0.29) is 0 Å². The normalized spacial score (nSPS) is 30.0. The van der Waals surface area contributed by atoms with E-state index >= 15 is 0 Å². The monoisotopic (exact) mass is 268 g/mol. The summed E-state index contributed by atoms with van der Waals surface area (Å²) in [5.41, 5.74) is 0. The molecule has 112 valence electrons. The van der Waals surface area contributed by atoms with Gasteiger partial charge >= 0.3 is 0 Å². The largest absolute Gasteiger partial charge is 0.396 e. The van der Waals surface area contributed by atoms with Crippen molar-refractivity contribution in [1.29, 1.82) is 0 Å². The number of rotatable bonds is 7. The zero-order valence-corrected chi connectivity index (χ0v) is 12.6. The van der Waals surface area contributed by atoms with Gasteiger partial charge in [-0.3, -0.25) is 4.90 Å². The first-order chi connectivity index (χ1) is 9.35. The minimum atomic E-state index is 0.309. The summed E-state index contributed by atoms with van der Waals surface area (Å²) in [5, 5.41) is 12.9. The Hall–Kier alpha value is -0.120. The van der Waals surface area contributed by atoms with Crippen LogP contribution in [0.15, 0.2) is 0 Å². The number of piperidine rings is 1. The van der Waals surface area contributed by atoms with Gasteiger partial charge in [-0.15, -0.1) is 0 Å². The molecule has 0 aromatic carbocycles. The molecule has 0 bridgehead atoms. The van der Waals surface area contributed by atoms with Gasteiger partial charge < -0.3 is 10.4 Å². The fourth-order valence-electron chi connectivity index (χ4n) is 4.00. The highest BCUT2D eigenvalue weighted by Crippen LogP contribution is 2.35. The van der Waals surface area contributed by atoms with Crippen molar-refractivity contribution >= 4 is 0 Å². The Morgan fingerprint density at radius 1 is 1.21 bits per heavy atom. The molecule has 0 aromatic heterocycles. The second kappa shape index (κ2) is 8.23. The van der Waals surface area contributed by atoms with Gasteiger partial charge in [0.05, 0.1) is 0 Å². The zero-order chi connectivity index (χ0) is 13.5. The Morgan fingerprint density at radius 2 is 2.00 bits per heavy atom. The zero-order valence-electron chi connectivity index (χ0n) is 12.6. The molecule has 0 aromatic rings. The van der Waals surface area contributed by atoms with Crippen molar-refractivity contribution in [1.82, 2.24) is 10.2 Å². The smallest absolute Gasteiger partial charge is 0.0446 e. The van der Waals surface area contributed by atoms with E-state index in [1.54, 1.807) is 0 Å². The van der Waals surface area contributed by atoms with E-state index in [2.05, 4.69) is 17.1 Å². The third kappa shape index (κ3) is 4.44. The topological polar surface area (TPSA) is 35.5 Å². The number of aliphatic hydroxyl groups excluding tert-OH is 1. The van der Waals surface area contributed by atoms with Crippen LogP contribution in [-0.4, -0.2) is 48.3 Å². The van der Waals surface area contributed by atoms with Gasteiger partial charge in [-0.25, -0.2) is 0 Å². The Bertz CT molecular complexity index is 245. The van der Waals surface area contributed by atoms with Gasteiger partial charge in [-0.2, -0.15) is 0 Å². The first-order valence-corrected chi connectivity index (χ1v) is 8.43. The van der Waals surface area contributed by atoms with Crippen LogP contribution in [0.25, 0.3) is 0 Å². The molecule has 3 unspecified atom stereocenters. The lowest BCUT2D eigenvalue weighted by Gasteiger charge is -2.45. The summed E-state index contributed by atoms with van der Waals surface area (Å²) in [6.45, 7) is 6.01. The first-order valence-electron chi connectivity index (χ1n) is 8.43. The Morgan fingerprint density at radius 3 is 2.79 bits per heavy atom. The molecule has 2 N–H and O–H groups in total. The molecule has 0 radical (unpaired) electrons. The van der Waals surface area contributed by atoms with Crippen molar-refractivity contribution in [3.8, 4) is 0 Å². The molecule has 1 heterocycles. The molecule has 2 fully saturated rings. The molecule has 2 rings (SSSR count). The maximum absolute atomic E-state index is 9.24. The first kappa shape index (κ1) is 15.3. The van der Waals surface area contributed by atoms with Crippen LogP contribution in [0.1, 0.15) is 58.3 Å². The van der Waals surface area contributed by atoms with Gasteiger partial charge in [-0.05, 0) is 57.5 Å². The number of hydrogen-bond acceptors (Lipinski definition) is 3. The van der Waals surface area contributed by atoms with Crippen LogP contribution in [0.3, 0.4) is 0 Å². The van der Waals surface area contributed by atoms with Crippen LogP contribution < -0.4 is 5.32 Å². The highest BCUT2D eigenvalue weighted by atomic mass is 16.3. The minimum absolute atomic E-state index is 0.309. The molecule has 0 spiro atoms. The number of likely N-dealkylation sites (tertiary alicyclic amines) is 1. The molecular formula is C16H32N2O. The van der Waals surface area contributed by atoms with E-state index in [4.69, 9.17) is 0 Å².